The first-order chi connectivity index (χ1) is 7.29. The molecule has 0 saturated carbocycles. The molecule has 1 amide bonds. The molecule has 8 heteroatoms. The summed E-state index contributed by atoms with van der Waals surface area (Å²) in [6.07, 6.45) is 0.913. The van der Waals surface area contributed by atoms with Crippen molar-refractivity contribution >= 4 is 39.1 Å². The SMILES string of the molecule is CS(=O)(=O)NNC(=O)c1ccc(Cl)cc1Cl. The molecule has 0 bridgehead atoms. The summed E-state index contributed by atoms with van der Waals surface area (Å²) in [6, 6.07) is 4.26. The number of carbonyl (C=O) groups is 1. The van der Waals surface area contributed by atoms with Crippen LogP contribution in [0.1, 0.15) is 10.4 Å². The van der Waals surface area contributed by atoms with Gasteiger partial charge < -0.3 is 0 Å². The Labute approximate surface area is 103 Å². The highest BCUT2D eigenvalue weighted by atomic mass is 35.5. The van der Waals surface area contributed by atoms with Gasteiger partial charge >= 0.3 is 0 Å². The second kappa shape index (κ2) is 5.01. The molecule has 0 aliphatic heterocycles. The van der Waals surface area contributed by atoms with Gasteiger partial charge in [-0.2, -0.15) is 0 Å². The molecule has 16 heavy (non-hydrogen) atoms. The number of halogens is 2. The van der Waals surface area contributed by atoms with Crippen LogP contribution < -0.4 is 10.3 Å². The second-order valence-electron chi connectivity index (χ2n) is 2.95. The van der Waals surface area contributed by atoms with E-state index in [1.54, 1.807) is 0 Å². The number of rotatable bonds is 3. The number of hydrogen-bond acceptors (Lipinski definition) is 3. The van der Waals surface area contributed by atoms with Crippen molar-refractivity contribution in [2.45, 2.75) is 0 Å². The molecule has 0 atom stereocenters. The van der Waals surface area contributed by atoms with Gasteiger partial charge in [-0.25, -0.2) is 8.42 Å². The van der Waals surface area contributed by atoms with Crippen molar-refractivity contribution in [1.82, 2.24) is 10.3 Å². The molecule has 0 aliphatic rings. The van der Waals surface area contributed by atoms with Crippen LogP contribution in [-0.4, -0.2) is 20.6 Å². The molecule has 1 rings (SSSR count). The van der Waals surface area contributed by atoms with Crippen LogP contribution in [0.15, 0.2) is 18.2 Å². The summed E-state index contributed by atoms with van der Waals surface area (Å²) in [7, 11) is -3.50. The van der Waals surface area contributed by atoms with Gasteiger partial charge in [0.15, 0.2) is 0 Å². The van der Waals surface area contributed by atoms with Crippen LogP contribution in [0.4, 0.5) is 0 Å². The molecule has 5 nitrogen and oxygen atoms in total. The standard InChI is InChI=1S/C8H8Cl2N2O3S/c1-16(14,15)12-11-8(13)6-3-2-5(9)4-7(6)10/h2-4,12H,1H3,(H,11,13). The van der Waals surface area contributed by atoms with Crippen molar-refractivity contribution < 1.29 is 13.2 Å². The molecule has 1 aromatic rings. The minimum Gasteiger partial charge on any atom is -0.274 e. The minimum absolute atomic E-state index is 0.127. The fourth-order valence-corrected chi connectivity index (χ4v) is 1.65. The third-order valence-electron chi connectivity index (χ3n) is 1.53. The zero-order valence-corrected chi connectivity index (χ0v) is 10.4. The average molecular weight is 283 g/mol. The number of hydrazine groups is 1. The van der Waals surface area contributed by atoms with Gasteiger partial charge in [-0.05, 0) is 18.2 Å². The maximum atomic E-state index is 11.5. The molecule has 0 radical (unpaired) electrons. The molecule has 0 unspecified atom stereocenters. The number of hydrogen-bond donors (Lipinski definition) is 2. The highest BCUT2D eigenvalue weighted by molar-refractivity contribution is 7.88. The van der Waals surface area contributed by atoms with Crippen LogP contribution in [0.3, 0.4) is 0 Å². The van der Waals surface area contributed by atoms with Crippen molar-refractivity contribution in [3.8, 4) is 0 Å². The maximum absolute atomic E-state index is 11.5. The van der Waals surface area contributed by atoms with E-state index in [0.29, 0.717) is 5.02 Å². The zero-order chi connectivity index (χ0) is 12.3. The van der Waals surface area contributed by atoms with Gasteiger partial charge in [-0.3, -0.25) is 10.2 Å². The lowest BCUT2D eigenvalue weighted by Crippen LogP contribution is -2.41. The molecule has 0 fully saturated rings. The van der Waals surface area contributed by atoms with Gasteiger partial charge in [0, 0.05) is 5.02 Å². The fraction of sp³-hybridized carbons (Fsp3) is 0.125. The van der Waals surface area contributed by atoms with E-state index in [1.807, 2.05) is 10.3 Å². The maximum Gasteiger partial charge on any atom is 0.267 e. The minimum atomic E-state index is -3.50. The van der Waals surface area contributed by atoms with Gasteiger partial charge in [-0.1, -0.05) is 23.2 Å². The first-order valence-electron chi connectivity index (χ1n) is 4.02. The molecule has 0 aliphatic carbocycles. The van der Waals surface area contributed by atoms with E-state index in [4.69, 9.17) is 23.2 Å². The van der Waals surface area contributed by atoms with E-state index >= 15 is 0 Å². The van der Waals surface area contributed by atoms with Crippen molar-refractivity contribution in [3.05, 3.63) is 33.8 Å². The summed E-state index contributed by atoms with van der Waals surface area (Å²) in [6.45, 7) is 0. The van der Waals surface area contributed by atoms with E-state index in [2.05, 4.69) is 0 Å². The average Bonchev–Trinajstić information content (AvgIpc) is 2.13. The zero-order valence-electron chi connectivity index (χ0n) is 8.12. The summed E-state index contributed by atoms with van der Waals surface area (Å²) in [5.74, 6) is -0.660. The predicted octanol–water partition coefficient (Wildman–Crippen LogP) is 1.19. The smallest absolute Gasteiger partial charge is 0.267 e. The fourth-order valence-electron chi connectivity index (χ4n) is 0.880. The van der Waals surface area contributed by atoms with Crippen LogP contribution in [-0.2, 0) is 10.0 Å². The summed E-state index contributed by atoms with van der Waals surface area (Å²) in [5.41, 5.74) is 2.12. The third-order valence-corrected chi connectivity index (χ3v) is 2.55. The summed E-state index contributed by atoms with van der Waals surface area (Å²) >= 11 is 11.4. The molecular weight excluding hydrogens is 275 g/mol. The van der Waals surface area contributed by atoms with Crippen LogP contribution in [0.5, 0.6) is 0 Å². The molecule has 88 valence electrons. The van der Waals surface area contributed by atoms with Gasteiger partial charge in [0.25, 0.3) is 5.91 Å². The third kappa shape index (κ3) is 3.97. The van der Waals surface area contributed by atoms with E-state index in [-0.39, 0.29) is 10.6 Å². The van der Waals surface area contributed by atoms with Crippen LogP contribution in [0.25, 0.3) is 0 Å². The Bertz CT molecular complexity index is 516. The highest BCUT2D eigenvalue weighted by Gasteiger charge is 2.11. The quantitative estimate of drug-likeness (QED) is 0.818. The molecular formula is C8H8Cl2N2O3S. The van der Waals surface area contributed by atoms with Crippen LogP contribution in [0.2, 0.25) is 10.0 Å². The lowest BCUT2D eigenvalue weighted by molar-refractivity contribution is 0.0945. The van der Waals surface area contributed by atoms with Gasteiger partial charge in [0.05, 0.1) is 16.8 Å². The Morgan fingerprint density at radius 1 is 1.31 bits per heavy atom. The largest absolute Gasteiger partial charge is 0.274 e. The normalized spacial score (nSPS) is 11.2. The highest BCUT2D eigenvalue weighted by Crippen LogP contribution is 2.20. The molecule has 0 saturated heterocycles. The lowest BCUT2D eigenvalue weighted by atomic mass is 10.2. The van der Waals surface area contributed by atoms with E-state index in [9.17, 15) is 13.2 Å². The molecule has 0 aromatic heterocycles. The summed E-state index contributed by atoms with van der Waals surface area (Å²) < 4.78 is 21.5. The molecule has 0 spiro atoms. The Kier molecular flexibility index (Phi) is 4.15. The van der Waals surface area contributed by atoms with Crippen LogP contribution >= 0.6 is 23.2 Å². The molecule has 1 aromatic carbocycles. The number of sulfonamides is 1. The van der Waals surface area contributed by atoms with E-state index in [1.165, 1.54) is 18.2 Å². The lowest BCUT2D eigenvalue weighted by Gasteiger charge is -2.06. The van der Waals surface area contributed by atoms with E-state index in [0.717, 1.165) is 6.26 Å². The van der Waals surface area contributed by atoms with Crippen LogP contribution in [0, 0.1) is 0 Å². The summed E-state index contributed by atoms with van der Waals surface area (Å²) in [5, 5.41) is 0.526. The summed E-state index contributed by atoms with van der Waals surface area (Å²) in [4.78, 5) is 13.3. The van der Waals surface area contributed by atoms with Gasteiger partial charge in [-0.15, -0.1) is 4.83 Å². The number of carbonyl (C=O) groups excluding carboxylic acids is 1. The molecule has 0 heterocycles. The Morgan fingerprint density at radius 3 is 2.44 bits per heavy atom. The van der Waals surface area contributed by atoms with E-state index < -0.39 is 15.9 Å². The van der Waals surface area contributed by atoms with Crippen molar-refractivity contribution in [2.24, 2.45) is 0 Å². The van der Waals surface area contributed by atoms with Gasteiger partial charge in [0.1, 0.15) is 0 Å². The Hall–Kier alpha value is -0.820. The number of amides is 1. The van der Waals surface area contributed by atoms with Crippen molar-refractivity contribution in [3.63, 3.8) is 0 Å². The predicted molar refractivity (Wildman–Crippen MR) is 61.9 cm³/mol. The monoisotopic (exact) mass is 282 g/mol. The van der Waals surface area contributed by atoms with Gasteiger partial charge in [0.2, 0.25) is 10.0 Å². The Balaban J connectivity index is 2.82. The second-order valence-corrected chi connectivity index (χ2v) is 5.54. The van der Waals surface area contributed by atoms with Crippen molar-refractivity contribution in [1.29, 1.82) is 0 Å². The topological polar surface area (TPSA) is 75.3 Å². The van der Waals surface area contributed by atoms with Crippen molar-refractivity contribution in [2.75, 3.05) is 6.26 Å². The number of nitrogens with one attached hydrogen (secondary N) is 2. The first-order valence-corrected chi connectivity index (χ1v) is 6.66. The Morgan fingerprint density at radius 2 is 1.94 bits per heavy atom. The number of benzene rings is 1. The first kappa shape index (κ1) is 13.2. The molecule has 2 N–H and O–H groups in total.